The number of imidazole rings is 1. The Balaban J connectivity index is 1.81. The van der Waals surface area contributed by atoms with Crippen molar-refractivity contribution >= 4 is 50.9 Å². The van der Waals surface area contributed by atoms with Gasteiger partial charge >= 0.3 is 16.5 Å². The van der Waals surface area contributed by atoms with Crippen LogP contribution in [0.4, 0.5) is 24.8 Å². The highest BCUT2D eigenvalue weighted by molar-refractivity contribution is 7.85. The van der Waals surface area contributed by atoms with Crippen LogP contribution >= 0.6 is 23.2 Å². The molecule has 0 aliphatic carbocycles. The van der Waals surface area contributed by atoms with Crippen molar-refractivity contribution in [1.29, 1.82) is 0 Å². The largest absolute Gasteiger partial charge is 0.573 e. The van der Waals surface area contributed by atoms with E-state index in [9.17, 15) is 30.9 Å². The number of anilines is 2. The van der Waals surface area contributed by atoms with Crippen LogP contribution in [-0.4, -0.2) is 34.8 Å². The molecule has 0 bridgehead atoms. The van der Waals surface area contributed by atoms with E-state index >= 15 is 0 Å². The van der Waals surface area contributed by atoms with E-state index in [0.717, 1.165) is 27.8 Å². The Morgan fingerprint density at radius 1 is 1.15 bits per heavy atom. The van der Waals surface area contributed by atoms with Gasteiger partial charge in [-0.25, -0.2) is 9.88 Å². The Morgan fingerprint density at radius 3 is 2.26 bits per heavy atom. The Bertz CT molecular complexity index is 1370. The number of benzene rings is 2. The third kappa shape index (κ3) is 4.45. The van der Waals surface area contributed by atoms with Gasteiger partial charge in [0.25, 0.3) is 5.91 Å². The fourth-order valence-electron chi connectivity index (χ4n) is 3.82. The maximum atomic E-state index is 13.6. The Labute approximate surface area is 201 Å². The number of fused-ring (bicyclic) bond motifs is 1. The average Bonchev–Trinajstić information content (AvgIpc) is 3.21. The highest BCUT2D eigenvalue weighted by atomic mass is 35.5. The lowest BCUT2D eigenvalue weighted by atomic mass is 9.92. The second-order valence-corrected chi connectivity index (χ2v) is 9.86. The molecule has 14 heteroatoms. The van der Waals surface area contributed by atoms with Crippen molar-refractivity contribution in [2.75, 3.05) is 4.90 Å². The summed E-state index contributed by atoms with van der Waals surface area (Å²) >= 11 is 12.1. The minimum absolute atomic E-state index is 0.115. The fourth-order valence-corrected chi connectivity index (χ4v) is 5.03. The van der Waals surface area contributed by atoms with Gasteiger partial charge in [0.2, 0.25) is 5.95 Å². The molecule has 34 heavy (non-hydrogen) atoms. The molecule has 1 aromatic heterocycles. The van der Waals surface area contributed by atoms with Crippen molar-refractivity contribution in [3.8, 4) is 5.75 Å². The van der Waals surface area contributed by atoms with Crippen molar-refractivity contribution in [2.45, 2.75) is 30.3 Å². The van der Waals surface area contributed by atoms with E-state index in [4.69, 9.17) is 23.2 Å². The molecular weight excluding hydrogens is 524 g/mol. The molecule has 0 spiro atoms. The van der Waals surface area contributed by atoms with Gasteiger partial charge < -0.3 is 4.74 Å². The Kier molecular flexibility index (Phi) is 5.83. The van der Waals surface area contributed by atoms with Crippen LogP contribution in [0.25, 0.3) is 0 Å². The molecule has 1 aliphatic heterocycles. The number of carbonyl (C=O) groups excluding carboxylic acids is 1. The Hall–Kier alpha value is -2.80. The van der Waals surface area contributed by atoms with E-state index in [1.54, 1.807) is 0 Å². The minimum Gasteiger partial charge on any atom is -0.406 e. The summed E-state index contributed by atoms with van der Waals surface area (Å²) in [6.07, 6.45) is -4.13. The molecule has 1 atom stereocenters. The smallest absolute Gasteiger partial charge is 0.406 e. The van der Waals surface area contributed by atoms with E-state index in [-0.39, 0.29) is 28.1 Å². The lowest BCUT2D eigenvalue weighted by Gasteiger charge is -2.26. The van der Waals surface area contributed by atoms with Crippen LogP contribution in [0.5, 0.6) is 5.75 Å². The van der Waals surface area contributed by atoms with Gasteiger partial charge in [0.15, 0.2) is 5.03 Å². The van der Waals surface area contributed by atoms with Crippen LogP contribution in [0.2, 0.25) is 10.0 Å². The first kappa shape index (κ1) is 24.3. The first-order valence-corrected chi connectivity index (χ1v) is 11.6. The highest BCUT2D eigenvalue weighted by Gasteiger charge is 2.51. The zero-order chi connectivity index (χ0) is 25.1. The molecule has 1 aliphatic rings. The molecule has 0 fully saturated rings. The number of rotatable bonds is 5. The molecule has 8 nitrogen and oxygen atoms in total. The topological polar surface area (TPSA) is 102 Å². The number of carbonyl (C=O) groups is 1. The number of hydrogen-bond acceptors (Lipinski definition) is 5. The first-order valence-electron chi connectivity index (χ1n) is 9.40. The number of halogens is 5. The molecule has 0 radical (unpaired) electrons. The van der Waals surface area contributed by atoms with E-state index in [2.05, 4.69) is 9.72 Å². The standard InChI is InChI=1S/C20H14Cl2F3N3O5S/c1-19(9-11-2-4-15(5-3-11)33-20(23,24)25)17(29)27(14-7-12(21)6-13(22)8-14)18-26-10-16(28(18)19)34(30,31)32/h2-8,10H,9H2,1H3,(H,30,31,32)/t19-/m1/s1/i18+2. The third-order valence-electron chi connectivity index (χ3n) is 5.14. The van der Waals surface area contributed by atoms with Crippen LogP contribution in [0.1, 0.15) is 12.5 Å². The number of amides is 1. The lowest BCUT2D eigenvalue weighted by Crippen LogP contribution is -2.41. The summed E-state index contributed by atoms with van der Waals surface area (Å²) in [5.74, 6) is -1.21. The van der Waals surface area contributed by atoms with E-state index in [0.29, 0.717) is 5.56 Å². The molecule has 2 heterocycles. The van der Waals surface area contributed by atoms with Crippen LogP contribution in [0.15, 0.2) is 53.7 Å². The second kappa shape index (κ2) is 8.15. The molecular formula is C20H14Cl2F3N3O5S. The van der Waals surface area contributed by atoms with Gasteiger partial charge in [0, 0.05) is 16.5 Å². The van der Waals surface area contributed by atoms with Crippen molar-refractivity contribution in [3.63, 3.8) is 0 Å². The maximum Gasteiger partial charge on any atom is 0.573 e. The predicted octanol–water partition coefficient (Wildman–Crippen LogP) is 4.97. The fraction of sp³-hybridized carbons (Fsp3) is 0.200. The summed E-state index contributed by atoms with van der Waals surface area (Å²) in [5.41, 5.74) is -1.05. The molecule has 0 unspecified atom stereocenters. The number of ether oxygens (including phenoxy) is 1. The summed E-state index contributed by atoms with van der Waals surface area (Å²) in [5, 5.41) is -0.222. The summed E-state index contributed by atoms with van der Waals surface area (Å²) in [4.78, 5) is 18.8. The summed E-state index contributed by atoms with van der Waals surface area (Å²) in [7, 11) is -4.80. The van der Waals surface area contributed by atoms with Crippen molar-refractivity contribution in [1.82, 2.24) is 9.55 Å². The normalized spacial score (nSPS) is 18.3. The molecule has 3 aromatic rings. The molecule has 0 saturated heterocycles. The number of aromatic nitrogens is 2. The van der Waals surface area contributed by atoms with Crippen molar-refractivity contribution in [2.24, 2.45) is 0 Å². The monoisotopic (exact) mass is 537 g/mol. The minimum atomic E-state index is -4.87. The number of alkyl halides is 3. The first-order chi connectivity index (χ1) is 15.7. The summed E-state index contributed by atoms with van der Waals surface area (Å²) in [6, 6.07) is 9.04. The van der Waals surface area contributed by atoms with Crippen LogP contribution in [-0.2, 0) is 26.9 Å². The van der Waals surface area contributed by atoms with Crippen molar-refractivity contribution in [3.05, 3.63) is 64.3 Å². The van der Waals surface area contributed by atoms with E-state index < -0.39 is 38.7 Å². The van der Waals surface area contributed by atoms with Crippen LogP contribution in [0.3, 0.4) is 0 Å². The molecule has 2 aromatic carbocycles. The maximum absolute atomic E-state index is 13.6. The number of hydrogen-bond donors (Lipinski definition) is 1. The van der Waals surface area contributed by atoms with Gasteiger partial charge in [0.05, 0.1) is 11.9 Å². The number of nitrogens with zero attached hydrogens (tertiary/aromatic N) is 3. The summed E-state index contributed by atoms with van der Waals surface area (Å²) in [6.45, 7) is 1.42. The SMILES string of the molecule is C[C@@]1(Cc2ccc(OC(F)(F)F)cc2)C(=O)N(c2cc(Cl)cc(Cl)c2)[14c]2ncc(S(=O)(=O)O)n21. The average molecular weight is 538 g/mol. The zero-order valence-electron chi connectivity index (χ0n) is 17.0. The van der Waals surface area contributed by atoms with Gasteiger partial charge in [-0.1, -0.05) is 35.3 Å². The predicted molar refractivity (Wildman–Crippen MR) is 116 cm³/mol. The summed E-state index contributed by atoms with van der Waals surface area (Å²) < 4.78 is 76.0. The van der Waals surface area contributed by atoms with E-state index in [1.807, 2.05) is 0 Å². The zero-order valence-corrected chi connectivity index (χ0v) is 19.4. The molecule has 4 rings (SSSR count). The van der Waals surface area contributed by atoms with Gasteiger partial charge in [-0.2, -0.15) is 8.42 Å². The molecule has 180 valence electrons. The second-order valence-electron chi connectivity index (χ2n) is 7.62. The third-order valence-corrected chi connectivity index (χ3v) is 6.40. The van der Waals surface area contributed by atoms with Crippen LogP contribution < -0.4 is 9.64 Å². The quantitative estimate of drug-likeness (QED) is 0.461. The van der Waals surface area contributed by atoms with Gasteiger partial charge in [-0.15, -0.1) is 13.2 Å². The Morgan fingerprint density at radius 2 is 1.74 bits per heavy atom. The molecule has 1 amide bonds. The van der Waals surface area contributed by atoms with E-state index in [1.165, 1.54) is 37.3 Å². The molecule has 0 saturated carbocycles. The molecule has 1 N–H and O–H groups in total. The van der Waals surface area contributed by atoms with Gasteiger partial charge in [-0.05, 0) is 42.8 Å². The van der Waals surface area contributed by atoms with Crippen molar-refractivity contribution < 1.29 is 35.7 Å². The van der Waals surface area contributed by atoms with Gasteiger partial charge in [0.1, 0.15) is 11.3 Å². The van der Waals surface area contributed by atoms with Gasteiger partial charge in [-0.3, -0.25) is 13.9 Å². The van der Waals surface area contributed by atoms with Crippen LogP contribution in [0, 0.1) is 0 Å². The lowest BCUT2D eigenvalue weighted by molar-refractivity contribution is -0.274. The highest BCUT2D eigenvalue weighted by Crippen LogP contribution is 2.44.